The molecule has 2 aromatic rings. The summed E-state index contributed by atoms with van der Waals surface area (Å²) in [6, 6.07) is 6.36. The van der Waals surface area contributed by atoms with E-state index in [0.717, 1.165) is 11.9 Å². The first-order chi connectivity index (χ1) is 6.81. The summed E-state index contributed by atoms with van der Waals surface area (Å²) >= 11 is 0. The van der Waals surface area contributed by atoms with Crippen LogP contribution in [0, 0.1) is 0 Å². The first kappa shape index (κ1) is 10.8. The van der Waals surface area contributed by atoms with Crippen molar-refractivity contribution in [2.24, 2.45) is 0 Å². The molecule has 0 radical (unpaired) electrons. The average Bonchev–Trinajstić information content (AvgIpc) is 2.65. The number of aromatic nitrogens is 2. The number of hydrogen-bond acceptors (Lipinski definition) is 1. The number of nitrogens with zero attached hydrogens (tertiary/aromatic N) is 1. The Morgan fingerprint density at radius 2 is 2.00 bits per heavy atom. The summed E-state index contributed by atoms with van der Waals surface area (Å²) in [6.45, 7) is 6.40. The summed E-state index contributed by atoms with van der Waals surface area (Å²) in [7, 11) is 0. The Morgan fingerprint density at radius 1 is 1.29 bits per heavy atom. The molecule has 1 heterocycles. The second-order valence-corrected chi connectivity index (χ2v) is 3.35. The number of nitrogens with one attached hydrogen (secondary N) is 1. The molecule has 2 rings (SSSR count). The van der Waals surface area contributed by atoms with Crippen molar-refractivity contribution in [3.63, 3.8) is 0 Å². The van der Waals surface area contributed by atoms with Gasteiger partial charge in [0.25, 0.3) is 0 Å². The smallest absolute Gasteiger partial charge is 0.0650 e. The molecular weight excluding hydrogens is 172 g/mol. The summed E-state index contributed by atoms with van der Waals surface area (Å²) in [4.78, 5) is 0. The maximum atomic E-state index is 3.95. The highest BCUT2D eigenvalue weighted by Gasteiger charge is 1.94. The van der Waals surface area contributed by atoms with Gasteiger partial charge in [-0.15, -0.1) is 0 Å². The van der Waals surface area contributed by atoms with E-state index in [-0.39, 0.29) is 1.43 Å². The minimum absolute atomic E-state index is 0. The fourth-order valence-corrected chi connectivity index (χ4v) is 1.21. The van der Waals surface area contributed by atoms with Gasteiger partial charge in [-0.25, -0.2) is 0 Å². The standard InChI is InChI=1S/C9H10N2.C3H8.H2/c1-2-7-3-4-9-8(5-7)6-10-11-9;1-3-2;/h3-6H,2H2,1H3,(H,10,11);3H2,1-2H3;1H. The highest BCUT2D eigenvalue weighted by molar-refractivity contribution is 5.78. The van der Waals surface area contributed by atoms with Gasteiger partial charge in [0, 0.05) is 6.81 Å². The molecule has 0 atom stereocenters. The Morgan fingerprint density at radius 3 is 2.64 bits per heavy atom. The van der Waals surface area contributed by atoms with E-state index in [1.165, 1.54) is 17.4 Å². The zero-order valence-corrected chi connectivity index (χ0v) is 9.17. The van der Waals surface area contributed by atoms with Crippen molar-refractivity contribution in [3.8, 4) is 0 Å². The Hall–Kier alpha value is -1.31. The van der Waals surface area contributed by atoms with E-state index in [4.69, 9.17) is 0 Å². The third-order valence-electron chi connectivity index (χ3n) is 1.91. The van der Waals surface area contributed by atoms with E-state index in [2.05, 4.69) is 49.2 Å². The SMILES string of the molecule is CCC.CCc1ccc2[nH]ncc2c1.[HH]. The van der Waals surface area contributed by atoms with Gasteiger partial charge in [-0.1, -0.05) is 33.3 Å². The van der Waals surface area contributed by atoms with Gasteiger partial charge in [0.15, 0.2) is 0 Å². The van der Waals surface area contributed by atoms with Crippen LogP contribution in [-0.2, 0) is 6.42 Å². The summed E-state index contributed by atoms with van der Waals surface area (Å²) in [5.74, 6) is 0. The quantitative estimate of drug-likeness (QED) is 0.731. The van der Waals surface area contributed by atoms with Gasteiger partial charge in [-0.3, -0.25) is 5.10 Å². The normalized spacial score (nSPS) is 9.64. The number of H-pyrrole nitrogens is 1. The molecule has 1 N–H and O–H groups in total. The zero-order chi connectivity index (χ0) is 10.4. The zero-order valence-electron chi connectivity index (χ0n) is 9.17. The fourth-order valence-electron chi connectivity index (χ4n) is 1.21. The monoisotopic (exact) mass is 192 g/mol. The third-order valence-corrected chi connectivity index (χ3v) is 1.91. The number of aryl methyl sites for hydroxylation is 1. The predicted octanol–water partition coefficient (Wildman–Crippen LogP) is 3.79. The lowest BCUT2D eigenvalue weighted by molar-refractivity contribution is 1.09. The van der Waals surface area contributed by atoms with Crippen LogP contribution in [0.25, 0.3) is 10.9 Å². The van der Waals surface area contributed by atoms with E-state index >= 15 is 0 Å². The van der Waals surface area contributed by atoms with Gasteiger partial charge < -0.3 is 0 Å². The van der Waals surface area contributed by atoms with Gasteiger partial charge in [0.2, 0.25) is 0 Å². The molecule has 0 aliphatic rings. The van der Waals surface area contributed by atoms with Crippen molar-refractivity contribution < 1.29 is 1.43 Å². The molecule has 0 spiro atoms. The number of fused-ring (bicyclic) bond motifs is 1. The maximum absolute atomic E-state index is 3.95. The summed E-state index contributed by atoms with van der Waals surface area (Å²) in [5.41, 5.74) is 2.47. The van der Waals surface area contributed by atoms with E-state index in [9.17, 15) is 0 Å². The van der Waals surface area contributed by atoms with Crippen LogP contribution < -0.4 is 0 Å². The van der Waals surface area contributed by atoms with Crippen LogP contribution in [0.5, 0.6) is 0 Å². The molecule has 0 bridgehead atoms. The lowest BCUT2D eigenvalue weighted by Crippen LogP contribution is -1.77. The van der Waals surface area contributed by atoms with Crippen LogP contribution >= 0.6 is 0 Å². The molecule has 2 heteroatoms. The molecule has 0 amide bonds. The van der Waals surface area contributed by atoms with Crippen molar-refractivity contribution >= 4 is 10.9 Å². The molecule has 0 aliphatic heterocycles. The molecule has 1 aromatic heterocycles. The lowest BCUT2D eigenvalue weighted by atomic mass is 10.1. The Balaban J connectivity index is 0.000000443. The van der Waals surface area contributed by atoms with Gasteiger partial charge in [-0.2, -0.15) is 5.10 Å². The van der Waals surface area contributed by atoms with Gasteiger partial charge in [0.05, 0.1) is 11.7 Å². The molecule has 14 heavy (non-hydrogen) atoms. The molecule has 0 aliphatic carbocycles. The minimum atomic E-state index is 0. The number of rotatable bonds is 1. The van der Waals surface area contributed by atoms with Crippen LogP contribution in [0.2, 0.25) is 0 Å². The summed E-state index contributed by atoms with van der Waals surface area (Å²) in [5, 5.41) is 8.07. The van der Waals surface area contributed by atoms with E-state index in [1.807, 2.05) is 6.20 Å². The Labute approximate surface area is 86.8 Å². The van der Waals surface area contributed by atoms with E-state index in [0.29, 0.717) is 0 Å². The minimum Gasteiger partial charge on any atom is -0.278 e. The van der Waals surface area contributed by atoms with E-state index < -0.39 is 0 Å². The van der Waals surface area contributed by atoms with Crippen molar-refractivity contribution in [3.05, 3.63) is 30.0 Å². The number of aromatic amines is 1. The maximum Gasteiger partial charge on any atom is 0.0650 e. The third kappa shape index (κ3) is 2.59. The molecule has 2 nitrogen and oxygen atoms in total. The Bertz CT molecular complexity index is 382. The first-order valence-corrected chi connectivity index (χ1v) is 5.23. The molecule has 0 saturated heterocycles. The summed E-state index contributed by atoms with van der Waals surface area (Å²) in [6.07, 6.45) is 4.19. The van der Waals surface area contributed by atoms with Crippen LogP contribution in [0.1, 0.15) is 34.2 Å². The highest BCUT2D eigenvalue weighted by atomic mass is 15.1. The predicted molar refractivity (Wildman–Crippen MR) is 63.6 cm³/mol. The van der Waals surface area contributed by atoms with Gasteiger partial charge >= 0.3 is 0 Å². The first-order valence-electron chi connectivity index (χ1n) is 5.23. The highest BCUT2D eigenvalue weighted by Crippen LogP contribution is 2.12. The topological polar surface area (TPSA) is 28.7 Å². The van der Waals surface area contributed by atoms with Crippen LogP contribution in [0.15, 0.2) is 24.4 Å². The summed E-state index contributed by atoms with van der Waals surface area (Å²) < 4.78 is 0. The van der Waals surface area contributed by atoms with Crippen molar-refractivity contribution in [1.82, 2.24) is 10.2 Å². The lowest BCUT2D eigenvalue weighted by Gasteiger charge is -1.93. The Kier molecular flexibility index (Phi) is 4.17. The molecule has 0 fully saturated rings. The van der Waals surface area contributed by atoms with Crippen molar-refractivity contribution in [2.75, 3.05) is 0 Å². The van der Waals surface area contributed by atoms with E-state index in [1.54, 1.807) is 0 Å². The fraction of sp³-hybridized carbons (Fsp3) is 0.417. The van der Waals surface area contributed by atoms with Crippen LogP contribution in [0.4, 0.5) is 0 Å². The van der Waals surface area contributed by atoms with Gasteiger partial charge in [0.1, 0.15) is 0 Å². The van der Waals surface area contributed by atoms with Crippen molar-refractivity contribution in [2.45, 2.75) is 33.6 Å². The number of benzene rings is 1. The molecular formula is C12H20N2. The molecule has 1 aromatic carbocycles. The van der Waals surface area contributed by atoms with Crippen LogP contribution in [0.3, 0.4) is 0 Å². The van der Waals surface area contributed by atoms with Crippen molar-refractivity contribution in [1.29, 1.82) is 0 Å². The average molecular weight is 192 g/mol. The largest absolute Gasteiger partial charge is 0.278 e. The number of hydrogen-bond donors (Lipinski definition) is 1. The molecule has 0 unspecified atom stereocenters. The molecule has 0 saturated carbocycles. The van der Waals surface area contributed by atoms with Gasteiger partial charge in [-0.05, 0) is 24.1 Å². The molecule has 78 valence electrons. The second kappa shape index (κ2) is 5.43. The van der Waals surface area contributed by atoms with Crippen LogP contribution in [-0.4, -0.2) is 10.2 Å². The second-order valence-electron chi connectivity index (χ2n) is 3.35.